The molecule has 2 N–H and O–H groups in total. The molecule has 0 atom stereocenters. The molecule has 2 nitrogen and oxygen atoms in total. The fourth-order valence-electron chi connectivity index (χ4n) is 1.10. The third kappa shape index (κ3) is 3.35. The van der Waals surface area contributed by atoms with Gasteiger partial charge in [0.05, 0.1) is 12.2 Å². The number of hydrogen-bond donors (Lipinski definition) is 1. The van der Waals surface area contributed by atoms with Gasteiger partial charge in [-0.2, -0.15) is 11.8 Å². The number of halogens is 1. The van der Waals surface area contributed by atoms with Crippen LogP contribution in [-0.2, 0) is 0 Å². The molecule has 0 bridgehead atoms. The van der Waals surface area contributed by atoms with Crippen molar-refractivity contribution in [2.45, 2.75) is 0 Å². The van der Waals surface area contributed by atoms with Gasteiger partial charge in [0.25, 0.3) is 0 Å². The molecule has 1 aromatic carbocycles. The summed E-state index contributed by atoms with van der Waals surface area (Å²) >= 11 is 6.42. The van der Waals surface area contributed by atoms with Gasteiger partial charge in [-0.1, -0.05) is 18.3 Å². The average molecular weight is 245 g/mol. The molecule has 0 aromatic heterocycles. The van der Waals surface area contributed by atoms with E-state index in [1.165, 1.54) is 6.07 Å². The standard InChI is InChI=1S/C10H12FNOS2/c1-15-6-5-13-8-4-2-3-7(11)9(8)10(12)14/h2-4H,5-6H2,1H3,(H2,12,14). The molecule has 5 heteroatoms. The third-order valence-electron chi connectivity index (χ3n) is 1.77. The maximum absolute atomic E-state index is 13.4. The van der Waals surface area contributed by atoms with Crippen LogP contribution in [0.15, 0.2) is 18.2 Å². The minimum absolute atomic E-state index is 0.0206. The van der Waals surface area contributed by atoms with Crippen LogP contribution in [0, 0.1) is 5.82 Å². The fraction of sp³-hybridized carbons (Fsp3) is 0.300. The van der Waals surface area contributed by atoms with Gasteiger partial charge in [0, 0.05) is 5.75 Å². The summed E-state index contributed by atoms with van der Waals surface area (Å²) in [5, 5.41) is 0. The predicted octanol–water partition coefficient (Wildman–Crippen LogP) is 2.20. The number of ether oxygens (including phenoxy) is 1. The second-order valence-corrected chi connectivity index (χ2v) is 4.24. The van der Waals surface area contributed by atoms with Gasteiger partial charge in [0.1, 0.15) is 16.6 Å². The molecule has 1 rings (SSSR count). The zero-order valence-corrected chi connectivity index (χ0v) is 9.96. The molecule has 0 aliphatic carbocycles. The lowest BCUT2D eigenvalue weighted by molar-refractivity contribution is 0.341. The van der Waals surface area contributed by atoms with Crippen molar-refractivity contribution in [2.24, 2.45) is 5.73 Å². The molecule has 0 fully saturated rings. The summed E-state index contributed by atoms with van der Waals surface area (Å²) in [4.78, 5) is 0.0206. The first-order valence-electron chi connectivity index (χ1n) is 4.37. The van der Waals surface area contributed by atoms with Crippen molar-refractivity contribution in [3.8, 4) is 5.75 Å². The zero-order chi connectivity index (χ0) is 11.3. The number of nitrogens with two attached hydrogens (primary N) is 1. The van der Waals surface area contributed by atoms with Crippen LogP contribution in [0.5, 0.6) is 5.75 Å². The molecule has 0 aliphatic rings. The van der Waals surface area contributed by atoms with Gasteiger partial charge in [-0.3, -0.25) is 0 Å². The van der Waals surface area contributed by atoms with E-state index < -0.39 is 5.82 Å². The van der Waals surface area contributed by atoms with Gasteiger partial charge in [0.15, 0.2) is 0 Å². The Morgan fingerprint density at radius 2 is 2.33 bits per heavy atom. The van der Waals surface area contributed by atoms with Crippen molar-refractivity contribution >= 4 is 29.0 Å². The van der Waals surface area contributed by atoms with Crippen LogP contribution >= 0.6 is 24.0 Å². The van der Waals surface area contributed by atoms with Crippen molar-refractivity contribution in [3.05, 3.63) is 29.6 Å². The van der Waals surface area contributed by atoms with Crippen molar-refractivity contribution in [1.82, 2.24) is 0 Å². The van der Waals surface area contributed by atoms with Crippen molar-refractivity contribution in [2.75, 3.05) is 18.6 Å². The highest BCUT2D eigenvalue weighted by Gasteiger charge is 2.11. The maximum Gasteiger partial charge on any atom is 0.137 e. The molecule has 0 unspecified atom stereocenters. The molecule has 82 valence electrons. The summed E-state index contributed by atoms with van der Waals surface area (Å²) in [6.07, 6.45) is 1.98. The van der Waals surface area contributed by atoms with Gasteiger partial charge in [-0.15, -0.1) is 0 Å². The van der Waals surface area contributed by atoms with E-state index in [4.69, 9.17) is 22.7 Å². The Bertz CT molecular complexity index is 357. The van der Waals surface area contributed by atoms with Crippen LogP contribution in [0.25, 0.3) is 0 Å². The molecule has 0 radical (unpaired) electrons. The maximum atomic E-state index is 13.4. The number of hydrogen-bond acceptors (Lipinski definition) is 3. The number of benzene rings is 1. The third-order valence-corrected chi connectivity index (χ3v) is 2.55. The lowest BCUT2D eigenvalue weighted by Gasteiger charge is -2.10. The fourth-order valence-corrected chi connectivity index (χ4v) is 1.55. The Kier molecular flexibility index (Phi) is 4.84. The summed E-state index contributed by atoms with van der Waals surface area (Å²) in [5.74, 6) is 0.813. The molecule has 0 spiro atoms. The zero-order valence-electron chi connectivity index (χ0n) is 8.33. The second-order valence-electron chi connectivity index (χ2n) is 2.82. The Balaban J connectivity index is 2.86. The molecule has 0 amide bonds. The molecule has 0 saturated carbocycles. The molecule has 0 saturated heterocycles. The first-order chi connectivity index (χ1) is 7.16. The molecular formula is C10H12FNOS2. The van der Waals surface area contributed by atoms with E-state index in [-0.39, 0.29) is 10.6 Å². The molecule has 0 heterocycles. The Morgan fingerprint density at radius 1 is 1.60 bits per heavy atom. The topological polar surface area (TPSA) is 35.2 Å². The molecular weight excluding hydrogens is 233 g/mol. The summed E-state index contributed by atoms with van der Waals surface area (Å²) < 4.78 is 18.7. The van der Waals surface area contributed by atoms with Crippen molar-refractivity contribution < 1.29 is 9.13 Å². The summed E-state index contributed by atoms with van der Waals surface area (Å²) in [7, 11) is 0. The van der Waals surface area contributed by atoms with Crippen LogP contribution in [0.3, 0.4) is 0 Å². The molecule has 0 aliphatic heterocycles. The molecule has 15 heavy (non-hydrogen) atoms. The van der Waals surface area contributed by atoms with E-state index in [0.29, 0.717) is 12.4 Å². The monoisotopic (exact) mass is 245 g/mol. The van der Waals surface area contributed by atoms with Crippen LogP contribution in [0.4, 0.5) is 4.39 Å². The predicted molar refractivity (Wildman–Crippen MR) is 66.2 cm³/mol. The minimum atomic E-state index is -0.441. The number of rotatable bonds is 5. The SMILES string of the molecule is CSCCOc1cccc(F)c1C(N)=S. The van der Waals surface area contributed by atoms with Crippen molar-refractivity contribution in [3.63, 3.8) is 0 Å². The largest absolute Gasteiger partial charge is 0.492 e. The van der Waals surface area contributed by atoms with E-state index in [9.17, 15) is 4.39 Å². The van der Waals surface area contributed by atoms with Crippen LogP contribution < -0.4 is 10.5 Å². The lowest BCUT2D eigenvalue weighted by Crippen LogP contribution is -2.14. The highest BCUT2D eigenvalue weighted by Crippen LogP contribution is 2.21. The highest BCUT2D eigenvalue weighted by atomic mass is 32.2. The van der Waals surface area contributed by atoms with E-state index in [1.54, 1.807) is 23.9 Å². The first-order valence-corrected chi connectivity index (χ1v) is 6.17. The quantitative estimate of drug-likeness (QED) is 0.637. The van der Waals surface area contributed by atoms with Crippen LogP contribution in [-0.4, -0.2) is 23.6 Å². The first kappa shape index (κ1) is 12.3. The van der Waals surface area contributed by atoms with Gasteiger partial charge in [0.2, 0.25) is 0 Å². The van der Waals surface area contributed by atoms with Gasteiger partial charge < -0.3 is 10.5 Å². The highest BCUT2D eigenvalue weighted by molar-refractivity contribution is 7.98. The van der Waals surface area contributed by atoms with Crippen molar-refractivity contribution in [1.29, 1.82) is 0 Å². The second kappa shape index (κ2) is 5.92. The summed E-state index contributed by atoms with van der Waals surface area (Å²) in [6, 6.07) is 4.55. The Morgan fingerprint density at radius 3 is 2.93 bits per heavy atom. The van der Waals surface area contributed by atoms with E-state index in [1.807, 2.05) is 6.26 Å². The molecule has 1 aromatic rings. The lowest BCUT2D eigenvalue weighted by atomic mass is 10.2. The van der Waals surface area contributed by atoms with E-state index >= 15 is 0 Å². The van der Waals surface area contributed by atoms with Crippen LogP contribution in [0.1, 0.15) is 5.56 Å². The smallest absolute Gasteiger partial charge is 0.137 e. The minimum Gasteiger partial charge on any atom is -0.492 e. The van der Waals surface area contributed by atoms with Gasteiger partial charge >= 0.3 is 0 Å². The average Bonchev–Trinajstić information content (AvgIpc) is 2.17. The number of thioether (sulfide) groups is 1. The Labute approximate surface area is 98.0 Å². The number of thiocarbonyl (C=S) groups is 1. The Hall–Kier alpha value is -0.810. The van der Waals surface area contributed by atoms with Gasteiger partial charge in [-0.05, 0) is 18.4 Å². The van der Waals surface area contributed by atoms with Crippen LogP contribution in [0.2, 0.25) is 0 Å². The summed E-state index contributed by atoms with van der Waals surface area (Å²) in [5.41, 5.74) is 5.61. The van der Waals surface area contributed by atoms with E-state index in [0.717, 1.165) is 5.75 Å². The normalized spacial score (nSPS) is 10.0. The summed E-state index contributed by atoms with van der Waals surface area (Å²) in [6.45, 7) is 0.514. The van der Waals surface area contributed by atoms with Gasteiger partial charge in [-0.25, -0.2) is 4.39 Å². The van der Waals surface area contributed by atoms with E-state index in [2.05, 4.69) is 0 Å².